The predicted molar refractivity (Wildman–Crippen MR) is 122 cm³/mol. The summed E-state index contributed by atoms with van der Waals surface area (Å²) in [5.74, 6) is 1.56. The minimum Gasteiger partial charge on any atom is -0.336 e. The standard InChI is InChI=1S/C23H26N6OS/c1-16-8-7-9-17(2)28(16)21(30)14-27-19-11-3-4-12-20(19)29-22(27)25-26-23(29)31-15-18-10-5-6-13-24-18/h3-6,10-13,16-17H,7-9,14-15H2,1-2H3/t16-,17+. The summed E-state index contributed by atoms with van der Waals surface area (Å²) in [6, 6.07) is 14.6. The SMILES string of the molecule is C[C@@H]1CCC[C@H](C)N1C(=O)Cn1c2ccccc2n2c(SCc3ccccn3)nnc12. The second-order valence-corrected chi connectivity index (χ2v) is 9.18. The van der Waals surface area contributed by atoms with Gasteiger partial charge in [0.2, 0.25) is 11.7 Å². The molecule has 3 aromatic heterocycles. The van der Waals surface area contributed by atoms with Crippen LogP contribution >= 0.6 is 11.8 Å². The number of aromatic nitrogens is 5. The largest absolute Gasteiger partial charge is 0.336 e. The number of pyridine rings is 1. The third kappa shape index (κ3) is 3.69. The topological polar surface area (TPSA) is 68.3 Å². The van der Waals surface area contributed by atoms with Crippen molar-refractivity contribution < 1.29 is 4.79 Å². The Morgan fingerprint density at radius 1 is 1.03 bits per heavy atom. The number of rotatable bonds is 5. The lowest BCUT2D eigenvalue weighted by Gasteiger charge is -2.39. The van der Waals surface area contributed by atoms with E-state index in [0.29, 0.717) is 11.5 Å². The maximum absolute atomic E-state index is 13.3. The van der Waals surface area contributed by atoms with E-state index in [1.165, 1.54) is 6.42 Å². The molecule has 8 heteroatoms. The van der Waals surface area contributed by atoms with Crippen molar-refractivity contribution in [1.29, 1.82) is 0 Å². The first kappa shape index (κ1) is 20.1. The first-order valence-electron chi connectivity index (χ1n) is 10.8. The molecule has 31 heavy (non-hydrogen) atoms. The van der Waals surface area contributed by atoms with E-state index in [0.717, 1.165) is 34.7 Å². The number of carbonyl (C=O) groups excluding carboxylic acids is 1. The summed E-state index contributed by atoms with van der Waals surface area (Å²) in [5.41, 5.74) is 3.01. The molecule has 0 bridgehead atoms. The van der Waals surface area contributed by atoms with Crippen LogP contribution in [0.25, 0.3) is 16.8 Å². The number of benzene rings is 1. The monoisotopic (exact) mass is 434 g/mol. The van der Waals surface area contributed by atoms with Crippen LogP contribution in [-0.2, 0) is 17.1 Å². The molecule has 0 saturated carbocycles. The molecule has 0 N–H and O–H groups in total. The van der Waals surface area contributed by atoms with E-state index in [9.17, 15) is 4.79 Å². The molecule has 1 amide bonds. The van der Waals surface area contributed by atoms with Crippen LogP contribution in [0.3, 0.4) is 0 Å². The Morgan fingerprint density at radius 2 is 1.77 bits per heavy atom. The van der Waals surface area contributed by atoms with Crippen molar-refractivity contribution in [3.8, 4) is 0 Å². The number of hydrogen-bond acceptors (Lipinski definition) is 5. The van der Waals surface area contributed by atoms with Crippen molar-refractivity contribution in [2.24, 2.45) is 0 Å². The number of fused-ring (bicyclic) bond motifs is 3. The lowest BCUT2D eigenvalue weighted by molar-refractivity contribution is -0.137. The third-order valence-corrected chi connectivity index (χ3v) is 7.08. The van der Waals surface area contributed by atoms with Crippen LogP contribution in [-0.4, -0.2) is 47.0 Å². The summed E-state index contributed by atoms with van der Waals surface area (Å²) >= 11 is 1.60. The average Bonchev–Trinajstić information content (AvgIpc) is 3.32. The van der Waals surface area contributed by atoms with E-state index in [-0.39, 0.29) is 24.5 Å². The number of amides is 1. The van der Waals surface area contributed by atoms with Gasteiger partial charge in [0.05, 0.1) is 16.7 Å². The zero-order valence-corrected chi connectivity index (χ0v) is 18.6. The zero-order chi connectivity index (χ0) is 21.4. The molecule has 160 valence electrons. The van der Waals surface area contributed by atoms with Crippen molar-refractivity contribution in [2.75, 3.05) is 0 Å². The van der Waals surface area contributed by atoms with Gasteiger partial charge in [-0.25, -0.2) is 0 Å². The number of hydrogen-bond donors (Lipinski definition) is 0. The molecule has 4 aromatic rings. The number of piperidine rings is 1. The van der Waals surface area contributed by atoms with Crippen LogP contribution in [0.4, 0.5) is 0 Å². The summed E-state index contributed by atoms with van der Waals surface area (Å²) in [4.78, 5) is 19.8. The van der Waals surface area contributed by atoms with Crippen molar-refractivity contribution in [1.82, 2.24) is 29.0 Å². The van der Waals surface area contributed by atoms with Gasteiger partial charge in [-0.15, -0.1) is 10.2 Å². The number of nitrogens with zero attached hydrogens (tertiary/aromatic N) is 6. The third-order valence-electron chi connectivity index (χ3n) is 6.12. The van der Waals surface area contributed by atoms with Gasteiger partial charge in [0, 0.05) is 24.0 Å². The highest BCUT2D eigenvalue weighted by molar-refractivity contribution is 7.98. The van der Waals surface area contributed by atoms with Gasteiger partial charge >= 0.3 is 0 Å². The number of thioether (sulfide) groups is 1. The number of likely N-dealkylation sites (tertiary alicyclic amines) is 1. The van der Waals surface area contributed by atoms with E-state index >= 15 is 0 Å². The molecule has 7 nitrogen and oxygen atoms in total. The molecule has 0 radical (unpaired) electrons. The quantitative estimate of drug-likeness (QED) is 0.441. The van der Waals surface area contributed by atoms with Crippen molar-refractivity contribution >= 4 is 34.5 Å². The summed E-state index contributed by atoms with van der Waals surface area (Å²) in [6.45, 7) is 4.58. The average molecular weight is 435 g/mol. The summed E-state index contributed by atoms with van der Waals surface area (Å²) in [5, 5.41) is 9.71. The number of para-hydroxylation sites is 2. The van der Waals surface area contributed by atoms with E-state index in [4.69, 9.17) is 0 Å². The highest BCUT2D eigenvalue weighted by atomic mass is 32.2. The molecule has 1 aliphatic heterocycles. The van der Waals surface area contributed by atoms with Gasteiger partial charge in [-0.05, 0) is 57.4 Å². The molecule has 0 spiro atoms. The minimum atomic E-state index is 0.147. The van der Waals surface area contributed by atoms with Crippen LogP contribution in [0.2, 0.25) is 0 Å². The Kier molecular flexibility index (Phi) is 5.40. The van der Waals surface area contributed by atoms with Crippen molar-refractivity contribution in [3.63, 3.8) is 0 Å². The Balaban J connectivity index is 1.49. The maximum Gasteiger partial charge on any atom is 0.243 e. The van der Waals surface area contributed by atoms with Crippen molar-refractivity contribution in [2.45, 2.75) is 62.6 Å². The van der Waals surface area contributed by atoms with E-state index in [1.807, 2.05) is 41.0 Å². The van der Waals surface area contributed by atoms with Gasteiger partial charge in [-0.1, -0.05) is 30.0 Å². The van der Waals surface area contributed by atoms with Crippen LogP contribution in [0.5, 0.6) is 0 Å². The number of imidazole rings is 1. The fourth-order valence-electron chi connectivity index (χ4n) is 4.64. The van der Waals surface area contributed by atoms with E-state index < -0.39 is 0 Å². The first-order chi connectivity index (χ1) is 15.1. The lowest BCUT2D eigenvalue weighted by Crippen LogP contribution is -2.48. The van der Waals surface area contributed by atoms with Gasteiger partial charge in [0.25, 0.3) is 0 Å². The molecule has 4 heterocycles. The van der Waals surface area contributed by atoms with Crippen LogP contribution in [0.1, 0.15) is 38.8 Å². The van der Waals surface area contributed by atoms with Gasteiger partial charge in [-0.2, -0.15) is 0 Å². The molecule has 1 aliphatic rings. The Morgan fingerprint density at radius 3 is 2.52 bits per heavy atom. The predicted octanol–water partition coefficient (Wildman–Crippen LogP) is 4.16. The Labute approximate surface area is 185 Å². The fourth-order valence-corrected chi connectivity index (χ4v) is 5.49. The minimum absolute atomic E-state index is 0.147. The molecule has 2 atom stereocenters. The maximum atomic E-state index is 13.3. The lowest BCUT2D eigenvalue weighted by atomic mass is 9.97. The van der Waals surface area contributed by atoms with Crippen LogP contribution < -0.4 is 0 Å². The highest BCUT2D eigenvalue weighted by Gasteiger charge is 2.30. The molecule has 5 rings (SSSR count). The zero-order valence-electron chi connectivity index (χ0n) is 17.8. The van der Waals surface area contributed by atoms with Crippen molar-refractivity contribution in [3.05, 3.63) is 54.4 Å². The second kappa shape index (κ2) is 8.34. The second-order valence-electron chi connectivity index (χ2n) is 8.23. The molecular formula is C23H26N6OS. The van der Waals surface area contributed by atoms with Crippen LogP contribution in [0, 0.1) is 0 Å². The Bertz CT molecular complexity index is 1210. The summed E-state index contributed by atoms with van der Waals surface area (Å²) in [6.07, 6.45) is 5.12. The highest BCUT2D eigenvalue weighted by Crippen LogP contribution is 2.28. The van der Waals surface area contributed by atoms with E-state index in [1.54, 1.807) is 18.0 Å². The molecule has 0 aliphatic carbocycles. The molecule has 0 unspecified atom stereocenters. The van der Waals surface area contributed by atoms with Gasteiger partial charge in [0.1, 0.15) is 6.54 Å². The fraction of sp³-hybridized carbons (Fsp3) is 0.391. The molecule has 1 saturated heterocycles. The molecular weight excluding hydrogens is 408 g/mol. The summed E-state index contributed by atoms with van der Waals surface area (Å²) < 4.78 is 4.06. The van der Waals surface area contributed by atoms with Gasteiger partial charge in [-0.3, -0.25) is 18.7 Å². The van der Waals surface area contributed by atoms with E-state index in [2.05, 4.69) is 44.4 Å². The van der Waals surface area contributed by atoms with Gasteiger partial charge < -0.3 is 4.90 Å². The normalized spacial score (nSPS) is 19.4. The smallest absolute Gasteiger partial charge is 0.243 e. The number of carbonyl (C=O) groups is 1. The first-order valence-corrected chi connectivity index (χ1v) is 11.8. The molecule has 1 aromatic carbocycles. The Hall–Kier alpha value is -2.87. The summed E-state index contributed by atoms with van der Waals surface area (Å²) in [7, 11) is 0. The van der Waals surface area contributed by atoms with Gasteiger partial charge in [0.15, 0.2) is 5.16 Å². The molecule has 1 fully saturated rings. The van der Waals surface area contributed by atoms with Crippen LogP contribution in [0.15, 0.2) is 53.8 Å².